The Morgan fingerprint density at radius 3 is 2.95 bits per heavy atom. The topological polar surface area (TPSA) is 82.6 Å². The number of aromatic amines is 1. The van der Waals surface area contributed by atoms with Crippen molar-refractivity contribution >= 4 is 22.8 Å². The van der Waals surface area contributed by atoms with Gasteiger partial charge in [-0.1, -0.05) is 6.07 Å². The van der Waals surface area contributed by atoms with Crippen molar-refractivity contribution in [2.45, 2.75) is 6.04 Å². The number of morpholine rings is 1. The number of benzene rings is 1. The van der Waals surface area contributed by atoms with Crippen LogP contribution in [0, 0.1) is 5.82 Å². The van der Waals surface area contributed by atoms with Crippen molar-refractivity contribution in [3.8, 4) is 0 Å². The van der Waals surface area contributed by atoms with Gasteiger partial charge in [-0.05, 0) is 18.2 Å². The number of H-pyrrole nitrogens is 1. The zero-order valence-corrected chi connectivity index (χ0v) is 11.0. The fraction of sp³-hybridized carbons (Fsp3) is 0.286. The van der Waals surface area contributed by atoms with Crippen LogP contribution >= 0.6 is 0 Å². The minimum Gasteiger partial charge on any atom is -0.480 e. The van der Waals surface area contributed by atoms with Crippen LogP contribution in [0.1, 0.15) is 10.5 Å². The van der Waals surface area contributed by atoms with Crippen LogP contribution in [0.15, 0.2) is 24.3 Å². The van der Waals surface area contributed by atoms with Crippen LogP contribution in [0.25, 0.3) is 10.9 Å². The van der Waals surface area contributed by atoms with Crippen molar-refractivity contribution < 1.29 is 23.8 Å². The van der Waals surface area contributed by atoms with E-state index in [0.29, 0.717) is 10.9 Å². The van der Waals surface area contributed by atoms with Gasteiger partial charge in [-0.2, -0.15) is 0 Å². The van der Waals surface area contributed by atoms with Crippen molar-refractivity contribution in [3.63, 3.8) is 0 Å². The minimum atomic E-state index is -1.12. The summed E-state index contributed by atoms with van der Waals surface area (Å²) in [5, 5.41) is 9.45. The number of amides is 1. The molecule has 21 heavy (non-hydrogen) atoms. The molecule has 0 saturated carbocycles. The molecule has 0 aliphatic carbocycles. The molecule has 7 heteroatoms. The molecule has 6 nitrogen and oxygen atoms in total. The van der Waals surface area contributed by atoms with E-state index < -0.39 is 23.7 Å². The number of carbonyl (C=O) groups excluding carboxylic acids is 1. The molecule has 1 saturated heterocycles. The predicted molar refractivity (Wildman–Crippen MR) is 71.5 cm³/mol. The third kappa shape index (κ3) is 2.36. The fourth-order valence-corrected chi connectivity index (χ4v) is 2.44. The van der Waals surface area contributed by atoms with Gasteiger partial charge in [0.05, 0.1) is 13.2 Å². The third-order valence-electron chi connectivity index (χ3n) is 3.52. The van der Waals surface area contributed by atoms with Crippen molar-refractivity contribution in [2.75, 3.05) is 19.8 Å². The van der Waals surface area contributed by atoms with Crippen LogP contribution in [0.3, 0.4) is 0 Å². The molecule has 1 aromatic carbocycles. The van der Waals surface area contributed by atoms with Gasteiger partial charge < -0.3 is 19.7 Å². The highest BCUT2D eigenvalue weighted by Gasteiger charge is 2.33. The molecular formula is C14H13FN2O4. The van der Waals surface area contributed by atoms with E-state index in [0.717, 1.165) is 0 Å². The largest absolute Gasteiger partial charge is 0.480 e. The van der Waals surface area contributed by atoms with E-state index in [2.05, 4.69) is 4.98 Å². The number of aliphatic carboxylic acids is 1. The molecule has 1 fully saturated rings. The number of nitrogens with zero attached hydrogens (tertiary/aromatic N) is 1. The Balaban J connectivity index is 1.95. The maximum absolute atomic E-state index is 13.7. The lowest BCUT2D eigenvalue weighted by Crippen LogP contribution is -2.52. The number of carboxylic acid groups (broad SMARTS) is 1. The first-order chi connectivity index (χ1) is 10.1. The van der Waals surface area contributed by atoms with E-state index in [1.807, 2.05) is 0 Å². The van der Waals surface area contributed by atoms with Gasteiger partial charge in [-0.15, -0.1) is 0 Å². The predicted octanol–water partition coefficient (Wildman–Crippen LogP) is 1.23. The standard InChI is InChI=1S/C14H13FN2O4/c15-9-2-1-3-10-8(9)6-11(16-10)13(18)17-4-5-21-7-12(17)14(19)20/h1-3,6,12,16H,4-5,7H2,(H,19,20). The van der Waals surface area contributed by atoms with Gasteiger partial charge in [0, 0.05) is 17.4 Å². The number of carbonyl (C=O) groups is 2. The summed E-state index contributed by atoms with van der Waals surface area (Å²) in [7, 11) is 0. The Kier molecular flexibility index (Phi) is 3.34. The normalized spacial score (nSPS) is 18.9. The van der Waals surface area contributed by atoms with Crippen LogP contribution in [-0.2, 0) is 9.53 Å². The number of carboxylic acids is 1. The second-order valence-electron chi connectivity index (χ2n) is 4.81. The molecule has 3 rings (SSSR count). The summed E-state index contributed by atoms with van der Waals surface area (Å²) in [6, 6.07) is 4.88. The Morgan fingerprint density at radius 1 is 1.43 bits per heavy atom. The highest BCUT2D eigenvalue weighted by atomic mass is 19.1. The van der Waals surface area contributed by atoms with Crippen LogP contribution in [0.5, 0.6) is 0 Å². The Bertz CT molecular complexity index is 712. The molecule has 110 valence electrons. The van der Waals surface area contributed by atoms with Crippen LogP contribution in [0.2, 0.25) is 0 Å². The SMILES string of the molecule is O=C(O)C1COCCN1C(=O)c1cc2c(F)cccc2[nH]1. The first kappa shape index (κ1) is 13.6. The summed E-state index contributed by atoms with van der Waals surface area (Å²) in [5.74, 6) is -2.02. The van der Waals surface area contributed by atoms with Gasteiger partial charge in [-0.25, -0.2) is 9.18 Å². The number of halogens is 1. The maximum atomic E-state index is 13.7. The van der Waals surface area contributed by atoms with Gasteiger partial charge in [0.25, 0.3) is 5.91 Å². The maximum Gasteiger partial charge on any atom is 0.328 e. The van der Waals surface area contributed by atoms with Gasteiger partial charge in [0.1, 0.15) is 11.5 Å². The molecule has 1 aromatic heterocycles. The molecule has 0 bridgehead atoms. The summed E-state index contributed by atoms with van der Waals surface area (Å²) < 4.78 is 18.7. The van der Waals surface area contributed by atoms with E-state index in [-0.39, 0.29) is 25.5 Å². The van der Waals surface area contributed by atoms with Gasteiger partial charge in [0.2, 0.25) is 0 Å². The fourth-order valence-electron chi connectivity index (χ4n) is 2.44. The summed E-state index contributed by atoms with van der Waals surface area (Å²) in [6.45, 7) is 0.424. The van der Waals surface area contributed by atoms with E-state index in [1.54, 1.807) is 6.07 Å². The third-order valence-corrected chi connectivity index (χ3v) is 3.52. The minimum absolute atomic E-state index is 0.0460. The summed E-state index contributed by atoms with van der Waals surface area (Å²) in [4.78, 5) is 27.7. The smallest absolute Gasteiger partial charge is 0.328 e. The molecule has 1 aliphatic rings. The number of hydrogen-bond acceptors (Lipinski definition) is 3. The van der Waals surface area contributed by atoms with Crippen LogP contribution in [-0.4, -0.2) is 52.7 Å². The molecule has 1 atom stereocenters. The van der Waals surface area contributed by atoms with Gasteiger partial charge in [-0.3, -0.25) is 4.79 Å². The first-order valence-corrected chi connectivity index (χ1v) is 6.46. The molecule has 2 heterocycles. The van der Waals surface area contributed by atoms with E-state index in [1.165, 1.54) is 23.1 Å². The van der Waals surface area contributed by atoms with E-state index >= 15 is 0 Å². The number of rotatable bonds is 2. The average molecular weight is 292 g/mol. The molecule has 0 spiro atoms. The highest BCUT2D eigenvalue weighted by molar-refractivity contribution is 5.99. The van der Waals surface area contributed by atoms with Crippen molar-refractivity contribution in [1.82, 2.24) is 9.88 Å². The lowest BCUT2D eigenvalue weighted by atomic mass is 10.2. The van der Waals surface area contributed by atoms with Crippen molar-refractivity contribution in [1.29, 1.82) is 0 Å². The van der Waals surface area contributed by atoms with Gasteiger partial charge >= 0.3 is 5.97 Å². The molecule has 1 aliphatic heterocycles. The Hall–Kier alpha value is -2.41. The van der Waals surface area contributed by atoms with Crippen LogP contribution < -0.4 is 0 Å². The summed E-state index contributed by atoms with van der Waals surface area (Å²) in [6.07, 6.45) is 0. The molecule has 1 unspecified atom stereocenters. The molecule has 2 N–H and O–H groups in total. The van der Waals surface area contributed by atoms with Crippen LogP contribution in [0.4, 0.5) is 4.39 Å². The lowest BCUT2D eigenvalue weighted by Gasteiger charge is -2.32. The summed E-state index contributed by atoms with van der Waals surface area (Å²) >= 11 is 0. The Morgan fingerprint density at radius 2 is 2.24 bits per heavy atom. The second kappa shape index (κ2) is 5.17. The van der Waals surface area contributed by atoms with Crippen molar-refractivity contribution in [3.05, 3.63) is 35.8 Å². The van der Waals surface area contributed by atoms with Gasteiger partial charge in [0.15, 0.2) is 6.04 Å². The molecule has 2 aromatic rings. The van der Waals surface area contributed by atoms with Crippen molar-refractivity contribution in [2.24, 2.45) is 0 Å². The second-order valence-corrected chi connectivity index (χ2v) is 4.81. The number of aromatic nitrogens is 1. The van der Waals surface area contributed by atoms with E-state index in [4.69, 9.17) is 9.84 Å². The highest BCUT2D eigenvalue weighted by Crippen LogP contribution is 2.21. The monoisotopic (exact) mass is 292 g/mol. The average Bonchev–Trinajstić information content (AvgIpc) is 2.92. The Labute approximate surface area is 119 Å². The number of fused-ring (bicyclic) bond motifs is 1. The first-order valence-electron chi connectivity index (χ1n) is 6.46. The lowest BCUT2D eigenvalue weighted by molar-refractivity contribution is -0.147. The molecular weight excluding hydrogens is 279 g/mol. The quantitative estimate of drug-likeness (QED) is 0.872. The summed E-state index contributed by atoms with van der Waals surface area (Å²) in [5.41, 5.74) is 0.668. The number of ether oxygens (including phenoxy) is 1. The number of hydrogen-bond donors (Lipinski definition) is 2. The number of nitrogens with one attached hydrogen (secondary N) is 1. The molecule has 1 amide bonds. The van der Waals surface area contributed by atoms with E-state index in [9.17, 15) is 14.0 Å². The zero-order valence-electron chi connectivity index (χ0n) is 11.0. The molecule has 0 radical (unpaired) electrons. The zero-order chi connectivity index (χ0) is 15.0.